The van der Waals surface area contributed by atoms with Crippen molar-refractivity contribution in [2.75, 3.05) is 29.9 Å². The topological polar surface area (TPSA) is 92.3 Å². The maximum Gasteiger partial charge on any atom is 0.445 e. The number of amides is 2. The average Bonchev–Trinajstić information content (AvgIpc) is 2.77. The largest absolute Gasteiger partial charge is 0.445 e. The van der Waals surface area contributed by atoms with E-state index in [-0.39, 0.29) is 41.1 Å². The lowest BCUT2D eigenvalue weighted by Crippen LogP contribution is -2.45. The van der Waals surface area contributed by atoms with E-state index in [0.29, 0.717) is 0 Å². The minimum absolute atomic E-state index is 0.000894. The van der Waals surface area contributed by atoms with E-state index in [9.17, 15) is 26.4 Å². The average molecular weight is 330 g/mol. The third kappa shape index (κ3) is 3.56. The molecule has 2 amide bonds. The van der Waals surface area contributed by atoms with Crippen LogP contribution < -0.4 is 5.32 Å². The molecule has 0 aromatic carbocycles. The number of anilines is 1. The highest BCUT2D eigenvalue weighted by Gasteiger charge is 2.36. The summed E-state index contributed by atoms with van der Waals surface area (Å²) in [6, 6.07) is -0.690. The van der Waals surface area contributed by atoms with E-state index in [2.05, 4.69) is 15.5 Å². The van der Waals surface area contributed by atoms with Crippen molar-refractivity contribution in [2.24, 2.45) is 0 Å². The molecule has 1 aromatic heterocycles. The van der Waals surface area contributed by atoms with Gasteiger partial charge in [-0.25, -0.2) is 13.2 Å². The first-order chi connectivity index (χ1) is 9.17. The molecule has 1 aromatic rings. The van der Waals surface area contributed by atoms with E-state index in [0.717, 1.165) is 0 Å². The molecule has 0 unspecified atom stereocenters. The van der Waals surface area contributed by atoms with E-state index in [1.807, 2.05) is 0 Å². The van der Waals surface area contributed by atoms with Gasteiger partial charge in [0.25, 0.3) is 0 Å². The predicted octanol–water partition coefficient (Wildman–Crippen LogP) is 0.819. The van der Waals surface area contributed by atoms with Crippen LogP contribution in [0, 0.1) is 0 Å². The summed E-state index contributed by atoms with van der Waals surface area (Å²) in [7, 11) is -3.13. The summed E-state index contributed by atoms with van der Waals surface area (Å²) >= 11 is 0.208. The summed E-state index contributed by atoms with van der Waals surface area (Å²) in [5.41, 5.74) is 0. The fraction of sp³-hybridized carbons (Fsp3) is 0.625. The van der Waals surface area contributed by atoms with Gasteiger partial charge in [0.2, 0.25) is 10.1 Å². The van der Waals surface area contributed by atoms with Gasteiger partial charge in [-0.05, 0) is 0 Å². The molecule has 1 N–H and O–H groups in total. The van der Waals surface area contributed by atoms with Crippen LogP contribution in [0.3, 0.4) is 0 Å². The lowest BCUT2D eigenvalue weighted by atomic mass is 10.5. The Hall–Kier alpha value is -1.43. The van der Waals surface area contributed by atoms with Gasteiger partial charge >= 0.3 is 12.2 Å². The molecular weight excluding hydrogens is 321 g/mol. The van der Waals surface area contributed by atoms with Crippen LogP contribution in [0.2, 0.25) is 0 Å². The molecule has 1 fully saturated rings. The maximum absolute atomic E-state index is 12.3. The van der Waals surface area contributed by atoms with Crippen LogP contribution in [0.1, 0.15) is 5.01 Å². The van der Waals surface area contributed by atoms with Crippen molar-refractivity contribution in [3.8, 4) is 0 Å². The minimum Gasteiger partial charge on any atom is -0.322 e. The van der Waals surface area contributed by atoms with E-state index in [1.165, 1.54) is 4.90 Å². The zero-order valence-corrected chi connectivity index (χ0v) is 11.5. The molecule has 7 nitrogen and oxygen atoms in total. The highest BCUT2D eigenvalue weighted by atomic mass is 32.2. The van der Waals surface area contributed by atoms with Crippen molar-refractivity contribution in [1.82, 2.24) is 15.1 Å². The number of aromatic nitrogens is 2. The van der Waals surface area contributed by atoms with Crippen LogP contribution in [0.5, 0.6) is 0 Å². The van der Waals surface area contributed by atoms with Gasteiger partial charge in [0.15, 0.2) is 9.84 Å². The number of urea groups is 1. The molecule has 0 atom stereocenters. The molecule has 20 heavy (non-hydrogen) atoms. The first-order valence-corrected chi connectivity index (χ1v) is 7.98. The fourth-order valence-corrected chi connectivity index (χ4v) is 3.28. The van der Waals surface area contributed by atoms with E-state index in [4.69, 9.17) is 0 Å². The number of sulfone groups is 1. The highest BCUT2D eigenvalue weighted by Crippen LogP contribution is 2.33. The number of nitrogens with zero attached hydrogens (tertiary/aromatic N) is 3. The maximum atomic E-state index is 12.3. The number of carbonyl (C=O) groups is 1. The van der Waals surface area contributed by atoms with Crippen LogP contribution in [0.4, 0.5) is 23.1 Å². The lowest BCUT2D eigenvalue weighted by molar-refractivity contribution is -0.138. The Morgan fingerprint density at radius 3 is 2.35 bits per heavy atom. The van der Waals surface area contributed by atoms with Crippen LogP contribution in [0.25, 0.3) is 0 Å². The smallest absolute Gasteiger partial charge is 0.322 e. The molecule has 2 rings (SSSR count). The van der Waals surface area contributed by atoms with Crippen LogP contribution in [-0.2, 0) is 16.0 Å². The predicted molar refractivity (Wildman–Crippen MR) is 64.2 cm³/mol. The summed E-state index contributed by atoms with van der Waals surface area (Å²) in [4.78, 5) is 12.9. The molecule has 0 bridgehead atoms. The number of hydrogen-bond donors (Lipinski definition) is 1. The molecule has 0 aliphatic carbocycles. The summed E-state index contributed by atoms with van der Waals surface area (Å²) < 4.78 is 59.3. The van der Waals surface area contributed by atoms with E-state index in [1.54, 1.807) is 0 Å². The van der Waals surface area contributed by atoms with Crippen molar-refractivity contribution < 1.29 is 26.4 Å². The lowest BCUT2D eigenvalue weighted by Gasteiger charge is -2.26. The summed E-state index contributed by atoms with van der Waals surface area (Å²) in [6.07, 6.45) is -4.61. The van der Waals surface area contributed by atoms with Gasteiger partial charge in [0.1, 0.15) is 0 Å². The second-order valence-electron chi connectivity index (χ2n) is 3.98. The Morgan fingerprint density at radius 2 is 1.85 bits per heavy atom. The number of alkyl halides is 3. The van der Waals surface area contributed by atoms with E-state index < -0.39 is 27.1 Å². The zero-order valence-electron chi connectivity index (χ0n) is 9.85. The second-order valence-corrected chi connectivity index (χ2v) is 7.26. The van der Waals surface area contributed by atoms with Crippen molar-refractivity contribution in [3.05, 3.63) is 5.01 Å². The van der Waals surface area contributed by atoms with Crippen molar-refractivity contribution in [1.29, 1.82) is 0 Å². The van der Waals surface area contributed by atoms with E-state index >= 15 is 0 Å². The Labute approximate surface area is 115 Å². The summed E-state index contributed by atoms with van der Waals surface area (Å²) in [5.74, 6) is -0.325. The van der Waals surface area contributed by atoms with Gasteiger partial charge < -0.3 is 4.90 Å². The number of halogens is 3. The van der Waals surface area contributed by atoms with Crippen molar-refractivity contribution in [2.45, 2.75) is 6.18 Å². The highest BCUT2D eigenvalue weighted by molar-refractivity contribution is 7.91. The van der Waals surface area contributed by atoms with Gasteiger partial charge in [0.05, 0.1) is 11.5 Å². The monoisotopic (exact) mass is 330 g/mol. The second kappa shape index (κ2) is 5.16. The molecule has 1 saturated heterocycles. The molecule has 12 heteroatoms. The number of nitrogens with one attached hydrogen (secondary N) is 1. The van der Waals surface area contributed by atoms with Gasteiger partial charge in [-0.3, -0.25) is 5.32 Å². The molecule has 0 radical (unpaired) electrons. The molecule has 0 spiro atoms. The Balaban J connectivity index is 1.97. The normalized spacial score (nSPS) is 18.9. The molecule has 1 aliphatic heterocycles. The Bertz CT molecular complexity index is 599. The Kier molecular flexibility index (Phi) is 3.86. The van der Waals surface area contributed by atoms with Crippen molar-refractivity contribution in [3.63, 3.8) is 0 Å². The zero-order chi connectivity index (χ0) is 15.0. The molecule has 2 heterocycles. The van der Waals surface area contributed by atoms with Crippen LogP contribution in [0.15, 0.2) is 0 Å². The van der Waals surface area contributed by atoms with Crippen LogP contribution in [-0.4, -0.2) is 54.1 Å². The number of carbonyl (C=O) groups excluding carboxylic acids is 1. The first kappa shape index (κ1) is 15.0. The third-order valence-electron chi connectivity index (χ3n) is 2.51. The van der Waals surface area contributed by atoms with Gasteiger partial charge in [-0.2, -0.15) is 13.2 Å². The quantitative estimate of drug-likeness (QED) is 0.823. The minimum atomic E-state index is -4.61. The fourth-order valence-electron chi connectivity index (χ4n) is 1.47. The first-order valence-electron chi connectivity index (χ1n) is 5.34. The van der Waals surface area contributed by atoms with Crippen LogP contribution >= 0.6 is 11.3 Å². The van der Waals surface area contributed by atoms with Crippen molar-refractivity contribution >= 4 is 32.3 Å². The third-order valence-corrected chi connectivity index (χ3v) is 5.01. The van der Waals surface area contributed by atoms with Gasteiger partial charge in [-0.15, -0.1) is 10.2 Å². The summed E-state index contributed by atoms with van der Waals surface area (Å²) in [6.45, 7) is -0.00179. The molecular formula is C8H9F3N4O3S2. The molecule has 112 valence electrons. The summed E-state index contributed by atoms with van der Waals surface area (Å²) in [5, 5.41) is 6.87. The SMILES string of the molecule is O=C(Nc1nnc(C(F)(F)F)s1)N1CCS(=O)(=O)CC1. The number of rotatable bonds is 1. The standard InChI is InChI=1S/C8H9F3N4O3S2/c9-8(10,11)5-13-14-6(19-5)12-7(16)15-1-3-20(17,18)4-2-15/h1-4H2,(H,12,14,16). The molecule has 1 aliphatic rings. The van der Waals surface area contributed by atoms with Gasteiger partial charge in [-0.1, -0.05) is 11.3 Å². The van der Waals surface area contributed by atoms with Gasteiger partial charge in [0, 0.05) is 13.1 Å². The molecule has 0 saturated carbocycles. The number of hydrogen-bond acceptors (Lipinski definition) is 6. The Morgan fingerprint density at radius 1 is 1.25 bits per heavy atom.